The van der Waals surface area contributed by atoms with Gasteiger partial charge in [0.1, 0.15) is 5.52 Å². The maximum atomic E-state index is 5.96. The fourth-order valence-corrected chi connectivity index (χ4v) is 2.01. The summed E-state index contributed by atoms with van der Waals surface area (Å²) in [5, 5.41) is 8.28. The summed E-state index contributed by atoms with van der Waals surface area (Å²) in [5.74, 6) is 0. The van der Waals surface area contributed by atoms with Crippen molar-refractivity contribution in [2.24, 2.45) is 5.73 Å². The van der Waals surface area contributed by atoms with E-state index in [0.29, 0.717) is 0 Å². The molecule has 3 rings (SSSR count). The molecule has 1 unspecified atom stereocenters. The number of rotatable bonds is 3. The van der Waals surface area contributed by atoms with E-state index in [1.54, 1.807) is 10.9 Å². The van der Waals surface area contributed by atoms with E-state index in [2.05, 4.69) is 15.3 Å². The molecule has 0 aliphatic heterocycles. The van der Waals surface area contributed by atoms with Crippen LogP contribution < -0.4 is 5.73 Å². The Morgan fingerprint density at radius 1 is 1.21 bits per heavy atom. The normalized spacial score (nSPS) is 12.7. The monoisotopic (exact) mass is 253 g/mol. The van der Waals surface area contributed by atoms with Gasteiger partial charge in [-0.05, 0) is 30.7 Å². The molecule has 2 heterocycles. The van der Waals surface area contributed by atoms with E-state index in [1.165, 1.54) is 0 Å². The summed E-state index contributed by atoms with van der Waals surface area (Å²) in [6, 6.07) is 11.7. The highest BCUT2D eigenvalue weighted by Gasteiger charge is 2.08. The number of aromatic nitrogens is 4. The van der Waals surface area contributed by atoms with Gasteiger partial charge in [0.25, 0.3) is 0 Å². The zero-order valence-corrected chi connectivity index (χ0v) is 10.7. The highest BCUT2D eigenvalue weighted by Crippen LogP contribution is 2.17. The predicted octanol–water partition coefficient (Wildman–Crippen LogP) is 2.23. The highest BCUT2D eigenvalue weighted by atomic mass is 15.4. The maximum absolute atomic E-state index is 5.96. The van der Waals surface area contributed by atoms with E-state index in [4.69, 9.17) is 5.73 Å². The highest BCUT2D eigenvalue weighted by molar-refractivity contribution is 5.75. The smallest absolute Gasteiger partial charge is 0.113 e. The number of benzene rings is 1. The molecule has 0 aliphatic carbocycles. The lowest BCUT2D eigenvalue weighted by molar-refractivity contribution is 0.674. The standard InChI is InChI=1S/C14H15N5/c1-2-11(15)12-8-7-10(9-16-12)19-14-6-4-3-5-13(14)17-18-19/h3-9,11H,2,15H2,1H3. The van der Waals surface area contributed by atoms with Crippen molar-refractivity contribution in [3.63, 3.8) is 0 Å². The second kappa shape index (κ2) is 4.78. The number of fused-ring (bicyclic) bond motifs is 1. The first-order chi connectivity index (χ1) is 9.29. The minimum atomic E-state index is -0.0125. The molecule has 1 atom stereocenters. The average Bonchev–Trinajstić information content (AvgIpc) is 2.90. The van der Waals surface area contributed by atoms with E-state index >= 15 is 0 Å². The molecule has 0 aliphatic rings. The van der Waals surface area contributed by atoms with Gasteiger partial charge in [0.15, 0.2) is 0 Å². The Morgan fingerprint density at radius 3 is 2.79 bits per heavy atom. The Balaban J connectivity index is 2.02. The van der Waals surface area contributed by atoms with Crippen LogP contribution in [0.3, 0.4) is 0 Å². The second-order valence-electron chi connectivity index (χ2n) is 4.45. The van der Waals surface area contributed by atoms with Crippen molar-refractivity contribution in [3.05, 3.63) is 48.3 Å². The van der Waals surface area contributed by atoms with E-state index < -0.39 is 0 Å². The van der Waals surface area contributed by atoms with Crippen molar-refractivity contribution in [3.8, 4) is 5.69 Å². The molecule has 2 N–H and O–H groups in total. The molecule has 0 amide bonds. The van der Waals surface area contributed by atoms with Gasteiger partial charge in [-0.15, -0.1) is 5.10 Å². The molecule has 5 nitrogen and oxygen atoms in total. The van der Waals surface area contributed by atoms with Crippen molar-refractivity contribution in [1.29, 1.82) is 0 Å². The van der Waals surface area contributed by atoms with Crippen LogP contribution in [0, 0.1) is 0 Å². The van der Waals surface area contributed by atoms with Gasteiger partial charge in [-0.1, -0.05) is 24.3 Å². The molecule has 0 bridgehead atoms. The summed E-state index contributed by atoms with van der Waals surface area (Å²) in [4.78, 5) is 4.40. The Morgan fingerprint density at radius 2 is 2.05 bits per heavy atom. The lowest BCUT2D eigenvalue weighted by Gasteiger charge is -2.08. The summed E-state index contributed by atoms with van der Waals surface area (Å²) in [6.45, 7) is 2.05. The molecule has 96 valence electrons. The van der Waals surface area contributed by atoms with Gasteiger partial charge in [-0.3, -0.25) is 4.98 Å². The van der Waals surface area contributed by atoms with Gasteiger partial charge in [0.05, 0.1) is 23.1 Å². The third-order valence-corrected chi connectivity index (χ3v) is 3.19. The van der Waals surface area contributed by atoms with Gasteiger partial charge >= 0.3 is 0 Å². The molecular weight excluding hydrogens is 238 g/mol. The van der Waals surface area contributed by atoms with Crippen LogP contribution in [0.2, 0.25) is 0 Å². The number of para-hydroxylation sites is 1. The Hall–Kier alpha value is -2.27. The van der Waals surface area contributed by atoms with Gasteiger partial charge < -0.3 is 5.73 Å². The SMILES string of the molecule is CCC(N)c1ccc(-n2nnc3ccccc32)cn1. The fourth-order valence-electron chi connectivity index (χ4n) is 2.01. The van der Waals surface area contributed by atoms with Gasteiger partial charge in [0, 0.05) is 6.04 Å². The zero-order chi connectivity index (χ0) is 13.2. The van der Waals surface area contributed by atoms with Crippen LogP contribution in [0.5, 0.6) is 0 Å². The van der Waals surface area contributed by atoms with Crippen LogP contribution in [0.1, 0.15) is 25.1 Å². The number of hydrogen-bond acceptors (Lipinski definition) is 4. The summed E-state index contributed by atoms with van der Waals surface area (Å²) < 4.78 is 1.78. The molecule has 0 fully saturated rings. The van der Waals surface area contributed by atoms with Crippen LogP contribution in [-0.4, -0.2) is 20.0 Å². The minimum Gasteiger partial charge on any atom is -0.323 e. The van der Waals surface area contributed by atoms with Crippen LogP contribution >= 0.6 is 0 Å². The molecule has 2 aromatic heterocycles. The predicted molar refractivity (Wildman–Crippen MR) is 73.9 cm³/mol. The fraction of sp³-hybridized carbons (Fsp3) is 0.214. The lowest BCUT2D eigenvalue weighted by Crippen LogP contribution is -2.10. The summed E-state index contributed by atoms with van der Waals surface area (Å²) in [7, 11) is 0. The van der Waals surface area contributed by atoms with E-state index in [1.807, 2.05) is 43.3 Å². The van der Waals surface area contributed by atoms with Crippen molar-refractivity contribution in [2.75, 3.05) is 0 Å². The van der Waals surface area contributed by atoms with Crippen molar-refractivity contribution in [1.82, 2.24) is 20.0 Å². The summed E-state index contributed by atoms with van der Waals surface area (Å²) >= 11 is 0. The van der Waals surface area contributed by atoms with Crippen molar-refractivity contribution in [2.45, 2.75) is 19.4 Å². The lowest BCUT2D eigenvalue weighted by atomic mass is 10.1. The Labute approximate surface area is 111 Å². The summed E-state index contributed by atoms with van der Waals surface area (Å²) in [6.07, 6.45) is 2.66. The number of hydrogen-bond donors (Lipinski definition) is 1. The molecule has 0 spiro atoms. The number of pyridine rings is 1. The second-order valence-corrected chi connectivity index (χ2v) is 4.45. The minimum absolute atomic E-state index is 0.0125. The first-order valence-electron chi connectivity index (χ1n) is 6.32. The molecule has 0 saturated carbocycles. The van der Waals surface area contributed by atoms with Crippen LogP contribution in [-0.2, 0) is 0 Å². The Kier molecular flexibility index (Phi) is 2.97. The third-order valence-electron chi connectivity index (χ3n) is 3.19. The Bertz CT molecular complexity index is 686. The van der Waals surface area contributed by atoms with Gasteiger partial charge in [0.2, 0.25) is 0 Å². The third kappa shape index (κ3) is 2.08. The van der Waals surface area contributed by atoms with Gasteiger partial charge in [-0.25, -0.2) is 4.68 Å². The van der Waals surface area contributed by atoms with E-state index in [-0.39, 0.29) is 6.04 Å². The quantitative estimate of drug-likeness (QED) is 0.777. The summed E-state index contributed by atoms with van der Waals surface area (Å²) in [5.41, 5.74) is 9.59. The number of nitrogens with zero attached hydrogens (tertiary/aromatic N) is 4. The van der Waals surface area contributed by atoms with Crippen LogP contribution in [0.15, 0.2) is 42.6 Å². The van der Waals surface area contributed by atoms with Crippen LogP contribution in [0.25, 0.3) is 16.7 Å². The van der Waals surface area contributed by atoms with E-state index in [0.717, 1.165) is 28.8 Å². The number of nitrogens with two attached hydrogens (primary N) is 1. The average molecular weight is 253 g/mol. The molecule has 3 aromatic rings. The van der Waals surface area contributed by atoms with Crippen LogP contribution in [0.4, 0.5) is 0 Å². The van der Waals surface area contributed by atoms with Gasteiger partial charge in [-0.2, -0.15) is 0 Å². The molecule has 19 heavy (non-hydrogen) atoms. The maximum Gasteiger partial charge on any atom is 0.113 e. The largest absolute Gasteiger partial charge is 0.323 e. The van der Waals surface area contributed by atoms with Crippen molar-refractivity contribution < 1.29 is 0 Å². The molecular formula is C14H15N5. The molecule has 1 aromatic carbocycles. The van der Waals surface area contributed by atoms with Crippen molar-refractivity contribution >= 4 is 11.0 Å². The van der Waals surface area contributed by atoms with E-state index in [9.17, 15) is 0 Å². The molecule has 5 heteroatoms. The first kappa shape index (κ1) is 11.8. The molecule has 0 radical (unpaired) electrons. The molecule has 0 saturated heterocycles. The topological polar surface area (TPSA) is 69.6 Å². The zero-order valence-electron chi connectivity index (χ0n) is 10.7. The first-order valence-corrected chi connectivity index (χ1v) is 6.32.